The van der Waals surface area contributed by atoms with Crippen molar-refractivity contribution in [3.63, 3.8) is 0 Å². The first-order chi connectivity index (χ1) is 15.6. The lowest BCUT2D eigenvalue weighted by molar-refractivity contribution is 0.0684. The number of ether oxygens (including phenoxy) is 2. The average Bonchev–Trinajstić information content (AvgIpc) is 3.48. The second-order valence-electron chi connectivity index (χ2n) is 7.50. The summed E-state index contributed by atoms with van der Waals surface area (Å²) in [4.78, 5) is 21.4. The van der Waals surface area contributed by atoms with E-state index < -0.39 is 0 Å². The molecule has 0 saturated carbocycles. The summed E-state index contributed by atoms with van der Waals surface area (Å²) in [5, 5.41) is 7.32. The molecular weight excluding hydrogens is 412 g/mol. The highest BCUT2D eigenvalue weighted by atomic mass is 16.5. The van der Waals surface area contributed by atoms with E-state index in [0.717, 1.165) is 29.7 Å². The first kappa shape index (κ1) is 20.0. The Balaban J connectivity index is 1.42. The third-order valence-electron chi connectivity index (χ3n) is 5.36. The van der Waals surface area contributed by atoms with E-state index >= 15 is 0 Å². The minimum atomic E-state index is -0.310. The van der Waals surface area contributed by atoms with E-state index in [1.54, 1.807) is 25.6 Å². The van der Waals surface area contributed by atoms with E-state index in [-0.39, 0.29) is 35.1 Å². The van der Waals surface area contributed by atoms with Crippen molar-refractivity contribution in [1.29, 1.82) is 0 Å². The number of hydrogen-bond acceptors (Lipinski definition) is 8. The van der Waals surface area contributed by atoms with Gasteiger partial charge in [-0.1, -0.05) is 12.1 Å². The van der Waals surface area contributed by atoms with Crippen molar-refractivity contribution in [2.45, 2.75) is 18.9 Å². The molecule has 1 amide bonds. The summed E-state index contributed by atoms with van der Waals surface area (Å²) in [5.41, 5.74) is 8.61. The molecule has 1 aliphatic rings. The summed E-state index contributed by atoms with van der Waals surface area (Å²) in [7, 11) is 1.62. The summed E-state index contributed by atoms with van der Waals surface area (Å²) in [6.07, 6.45) is 5.05. The van der Waals surface area contributed by atoms with Gasteiger partial charge in [-0.3, -0.25) is 4.79 Å². The molecule has 10 heteroatoms. The van der Waals surface area contributed by atoms with Gasteiger partial charge in [-0.05, 0) is 30.5 Å². The number of methoxy groups -OCH3 is 1. The number of anilines is 1. The van der Waals surface area contributed by atoms with Gasteiger partial charge in [0.1, 0.15) is 11.3 Å². The van der Waals surface area contributed by atoms with Gasteiger partial charge in [0, 0.05) is 37.1 Å². The molecule has 4 aromatic rings. The summed E-state index contributed by atoms with van der Waals surface area (Å²) in [6, 6.07) is 9.28. The third-order valence-corrected chi connectivity index (χ3v) is 5.36. The van der Waals surface area contributed by atoms with Crippen LogP contribution in [0.25, 0.3) is 28.2 Å². The molecule has 5 rings (SSSR count). The Morgan fingerprint density at radius 2 is 2.06 bits per heavy atom. The fraction of sp³-hybridized carbons (Fsp3) is 0.273. The number of aromatic nitrogens is 4. The largest absolute Gasteiger partial charge is 0.497 e. The van der Waals surface area contributed by atoms with Gasteiger partial charge in [-0.25, -0.2) is 9.67 Å². The molecule has 32 heavy (non-hydrogen) atoms. The van der Waals surface area contributed by atoms with Crippen molar-refractivity contribution in [1.82, 2.24) is 25.1 Å². The quantitative estimate of drug-likeness (QED) is 0.490. The van der Waals surface area contributed by atoms with Crippen LogP contribution in [-0.2, 0) is 4.74 Å². The number of fused-ring (bicyclic) bond motifs is 1. The molecule has 0 aliphatic carbocycles. The van der Waals surface area contributed by atoms with E-state index in [2.05, 4.69) is 20.4 Å². The van der Waals surface area contributed by atoms with Crippen LogP contribution in [0.15, 0.2) is 47.1 Å². The Bertz CT molecular complexity index is 1270. The first-order valence-electron chi connectivity index (χ1n) is 10.3. The van der Waals surface area contributed by atoms with Crippen molar-refractivity contribution >= 4 is 22.8 Å². The van der Waals surface area contributed by atoms with Gasteiger partial charge in [0.2, 0.25) is 0 Å². The first-order valence-corrected chi connectivity index (χ1v) is 10.3. The molecule has 1 saturated heterocycles. The van der Waals surface area contributed by atoms with Crippen molar-refractivity contribution < 1.29 is 18.7 Å². The number of benzene rings is 1. The number of hydrogen-bond donors (Lipinski definition) is 2. The second kappa shape index (κ2) is 8.31. The average molecular weight is 434 g/mol. The Morgan fingerprint density at radius 1 is 1.22 bits per heavy atom. The number of furan rings is 1. The van der Waals surface area contributed by atoms with Crippen LogP contribution < -0.4 is 15.8 Å². The lowest BCUT2D eigenvalue weighted by Crippen LogP contribution is -2.38. The molecule has 0 bridgehead atoms. The molecule has 10 nitrogen and oxygen atoms in total. The maximum Gasteiger partial charge on any atom is 0.287 e. The normalized spacial score (nSPS) is 14.5. The predicted molar refractivity (Wildman–Crippen MR) is 117 cm³/mol. The molecule has 1 aromatic carbocycles. The standard InChI is InChI=1S/C22H22N6O4/c1-30-16-4-2-3-13(9-16)14-11-24-28(12-14)22-26-17-10-18(32-19(17)20(23)27-22)21(29)25-15-5-7-31-8-6-15/h2-4,9-12,15H,5-8H2,1H3,(H,25,29)(H2,23,26,27). The smallest absolute Gasteiger partial charge is 0.287 e. The molecule has 0 atom stereocenters. The van der Waals surface area contributed by atoms with Crippen molar-refractivity contribution in [2.24, 2.45) is 0 Å². The maximum absolute atomic E-state index is 12.6. The van der Waals surface area contributed by atoms with E-state index in [0.29, 0.717) is 18.7 Å². The van der Waals surface area contributed by atoms with Crippen LogP contribution in [0.1, 0.15) is 23.4 Å². The van der Waals surface area contributed by atoms with Gasteiger partial charge in [-0.15, -0.1) is 0 Å². The highest BCUT2D eigenvalue weighted by Gasteiger charge is 2.21. The van der Waals surface area contributed by atoms with Gasteiger partial charge in [0.05, 0.1) is 13.3 Å². The number of nitrogen functional groups attached to an aromatic ring is 1. The zero-order valence-electron chi connectivity index (χ0n) is 17.4. The van der Waals surface area contributed by atoms with Gasteiger partial charge >= 0.3 is 0 Å². The Hall–Kier alpha value is -3.92. The number of nitrogens with zero attached hydrogens (tertiary/aromatic N) is 4. The summed E-state index contributed by atoms with van der Waals surface area (Å²) in [6.45, 7) is 1.27. The molecule has 0 radical (unpaired) electrons. The van der Waals surface area contributed by atoms with E-state index in [4.69, 9.17) is 19.6 Å². The predicted octanol–water partition coefficient (Wildman–Crippen LogP) is 2.58. The molecule has 3 aromatic heterocycles. The van der Waals surface area contributed by atoms with Gasteiger partial charge < -0.3 is 24.9 Å². The Morgan fingerprint density at radius 3 is 2.88 bits per heavy atom. The lowest BCUT2D eigenvalue weighted by atomic mass is 10.1. The minimum absolute atomic E-state index is 0.0579. The molecule has 0 unspecified atom stereocenters. The van der Waals surface area contributed by atoms with Gasteiger partial charge in [0.15, 0.2) is 17.2 Å². The molecular formula is C22H22N6O4. The van der Waals surface area contributed by atoms with Crippen LogP contribution >= 0.6 is 0 Å². The molecule has 4 heterocycles. The van der Waals surface area contributed by atoms with Gasteiger partial charge in [-0.2, -0.15) is 10.1 Å². The summed E-state index contributed by atoms with van der Waals surface area (Å²) >= 11 is 0. The third kappa shape index (κ3) is 3.87. The fourth-order valence-corrected chi connectivity index (χ4v) is 3.64. The van der Waals surface area contributed by atoms with Gasteiger partial charge in [0.25, 0.3) is 11.9 Å². The Labute approximate surface area is 183 Å². The highest BCUT2D eigenvalue weighted by molar-refractivity contribution is 5.97. The lowest BCUT2D eigenvalue weighted by Gasteiger charge is -2.22. The van der Waals surface area contributed by atoms with Crippen LogP contribution in [0.5, 0.6) is 5.75 Å². The van der Waals surface area contributed by atoms with Crippen LogP contribution in [0.2, 0.25) is 0 Å². The van der Waals surface area contributed by atoms with Crippen molar-refractivity contribution in [2.75, 3.05) is 26.1 Å². The number of nitrogens with two attached hydrogens (primary N) is 1. The molecule has 3 N–H and O–H groups in total. The number of amides is 1. The van der Waals surface area contributed by atoms with E-state index in [1.165, 1.54) is 4.68 Å². The van der Waals surface area contributed by atoms with E-state index in [1.807, 2.05) is 24.3 Å². The van der Waals surface area contributed by atoms with E-state index in [9.17, 15) is 4.79 Å². The van der Waals surface area contributed by atoms with Crippen LogP contribution in [-0.4, -0.2) is 52.0 Å². The number of rotatable bonds is 5. The number of carbonyl (C=O) groups excluding carboxylic acids is 1. The molecule has 1 aliphatic heterocycles. The number of nitrogens with one attached hydrogen (secondary N) is 1. The van der Waals surface area contributed by atoms with Crippen molar-refractivity contribution in [3.8, 4) is 22.8 Å². The fourth-order valence-electron chi connectivity index (χ4n) is 3.64. The molecule has 1 fully saturated rings. The Kier molecular flexibility index (Phi) is 5.20. The van der Waals surface area contributed by atoms with Crippen LogP contribution in [0.3, 0.4) is 0 Å². The SMILES string of the molecule is COc1cccc(-c2cnn(-c3nc(N)c4oc(C(=O)NC5CCOCC5)cc4n3)c2)c1. The van der Waals surface area contributed by atoms with Crippen LogP contribution in [0.4, 0.5) is 5.82 Å². The summed E-state index contributed by atoms with van der Waals surface area (Å²) < 4.78 is 17.8. The highest BCUT2D eigenvalue weighted by Crippen LogP contribution is 2.26. The van der Waals surface area contributed by atoms with Crippen LogP contribution in [0, 0.1) is 0 Å². The monoisotopic (exact) mass is 434 g/mol. The number of carbonyl (C=O) groups is 1. The molecule has 164 valence electrons. The van der Waals surface area contributed by atoms with Crippen molar-refractivity contribution in [3.05, 3.63) is 48.5 Å². The minimum Gasteiger partial charge on any atom is -0.497 e. The topological polar surface area (TPSA) is 130 Å². The summed E-state index contributed by atoms with van der Waals surface area (Å²) in [5.74, 6) is 0.995. The zero-order valence-corrected chi connectivity index (χ0v) is 17.4. The second-order valence-corrected chi connectivity index (χ2v) is 7.50. The zero-order chi connectivity index (χ0) is 22.1. The maximum atomic E-state index is 12.6. The molecule has 0 spiro atoms.